The predicted molar refractivity (Wildman–Crippen MR) is 11.3 cm³/mol. The molecule has 0 aliphatic carbocycles. The molecule has 0 saturated heterocycles. The summed E-state index contributed by atoms with van der Waals surface area (Å²) in [6.45, 7) is 0. The molecule has 0 bridgehead atoms. The van der Waals surface area contributed by atoms with Gasteiger partial charge in [-0.05, 0) is 0 Å². The van der Waals surface area contributed by atoms with E-state index in [0.717, 1.165) is 0 Å². The third-order valence-corrected chi connectivity index (χ3v) is 0. The Labute approximate surface area is 31.8 Å². The van der Waals surface area contributed by atoms with Crippen LogP contribution in [0, 0.1) is 0 Å². The molecule has 0 saturated carbocycles. The fraction of sp³-hybridized carbons (Fsp3) is 0. The van der Waals surface area contributed by atoms with Crippen LogP contribution in [0.3, 0.4) is 0 Å². The Morgan fingerprint density at radius 2 is 1.50 bits per heavy atom. The summed E-state index contributed by atoms with van der Waals surface area (Å²) in [5, 5.41) is 0. The molecule has 0 amide bonds. The summed E-state index contributed by atoms with van der Waals surface area (Å²) in [7, 11) is 0. The number of hydrogen-bond donors (Lipinski definition) is 1. The van der Waals surface area contributed by atoms with Gasteiger partial charge in [-0.25, -0.2) is 0 Å². The Morgan fingerprint density at radius 3 is 1.50 bits per heavy atom. The van der Waals surface area contributed by atoms with Gasteiger partial charge in [-0.3, -0.25) is 0 Å². The van der Waals surface area contributed by atoms with Crippen molar-refractivity contribution < 1.29 is 5.63 Å². The van der Waals surface area contributed by atoms with Crippen LogP contribution in [0.1, 0.15) is 0 Å². The van der Waals surface area contributed by atoms with Crippen molar-refractivity contribution in [2.75, 3.05) is 0 Å². The van der Waals surface area contributed by atoms with Gasteiger partial charge in [0.05, 0.1) is 0 Å². The average Bonchev–Trinajstić information content (AvgIpc) is 0.811. The summed E-state index contributed by atoms with van der Waals surface area (Å²) in [6.07, 6.45) is 0. The maximum absolute atomic E-state index is 8.95. The van der Waals surface area contributed by atoms with Crippen LogP contribution >= 0.6 is 0 Å². The molecule has 0 aromatic carbocycles. The SMILES string of the molecule is [NH2][Bi](=[O])=[O]. The first-order chi connectivity index (χ1) is 1.73. The molecule has 0 atom stereocenters. The monoisotopic (exact) mass is 257 g/mol. The molecular formula is H2BiNO2. The van der Waals surface area contributed by atoms with E-state index in [0.29, 0.717) is 0 Å². The molecule has 2 N–H and O–H groups in total. The summed E-state index contributed by atoms with van der Waals surface area (Å²) < 4.78 is 22.1. The summed E-state index contributed by atoms with van der Waals surface area (Å²) in [6, 6.07) is 0. The summed E-state index contributed by atoms with van der Waals surface area (Å²) in [4.78, 5) is 0. The zero-order valence-electron chi connectivity index (χ0n) is 1.84. The summed E-state index contributed by atoms with van der Waals surface area (Å²) >= 11 is -3.59. The molecule has 0 aliphatic rings. The average molecular weight is 257 g/mol. The van der Waals surface area contributed by atoms with Gasteiger partial charge in [0.25, 0.3) is 0 Å². The quantitative estimate of drug-likeness (QED) is 0.554. The fourth-order valence-electron chi connectivity index (χ4n) is 0. The van der Waals surface area contributed by atoms with Crippen molar-refractivity contribution in [3.8, 4) is 0 Å². The molecule has 0 aromatic rings. The molecular weight excluding hydrogens is 255 g/mol. The first-order valence-electron chi connectivity index (χ1n) is 0.623. The van der Waals surface area contributed by atoms with Crippen molar-refractivity contribution >= 4 is 22.1 Å². The molecule has 0 aliphatic heterocycles. The molecule has 4 heteroatoms. The maximum atomic E-state index is 8.95. The van der Waals surface area contributed by atoms with E-state index in [-0.39, 0.29) is 0 Å². The summed E-state index contributed by atoms with van der Waals surface area (Å²) in [5.74, 6) is 0. The van der Waals surface area contributed by atoms with Crippen molar-refractivity contribution in [3.05, 3.63) is 0 Å². The van der Waals surface area contributed by atoms with Crippen molar-refractivity contribution in [3.63, 3.8) is 0 Å². The van der Waals surface area contributed by atoms with Crippen molar-refractivity contribution in [1.82, 2.24) is 0 Å². The molecule has 0 aromatic heterocycles. The number of nitrogens with two attached hydrogens (primary N) is 1. The second kappa shape index (κ2) is 1.73. The Hall–Kier alpha value is 0.443. The van der Waals surface area contributed by atoms with Crippen LogP contribution in [0.25, 0.3) is 0 Å². The van der Waals surface area contributed by atoms with Gasteiger partial charge in [0.15, 0.2) is 0 Å². The van der Waals surface area contributed by atoms with E-state index >= 15 is 0 Å². The van der Waals surface area contributed by atoms with Crippen LogP contribution in [-0.4, -0.2) is 22.1 Å². The van der Waals surface area contributed by atoms with Crippen molar-refractivity contribution in [2.45, 2.75) is 0 Å². The Morgan fingerprint density at radius 1 is 1.50 bits per heavy atom. The van der Waals surface area contributed by atoms with Gasteiger partial charge < -0.3 is 0 Å². The molecule has 0 radical (unpaired) electrons. The molecule has 24 valence electrons. The van der Waals surface area contributed by atoms with Gasteiger partial charge in [0, 0.05) is 0 Å². The number of hydrogen-bond acceptors (Lipinski definition) is 2. The van der Waals surface area contributed by atoms with Crippen LogP contribution in [0.4, 0.5) is 0 Å². The van der Waals surface area contributed by atoms with Crippen LogP contribution in [0.5, 0.6) is 0 Å². The molecule has 0 spiro atoms. The third-order valence-electron chi connectivity index (χ3n) is 0. The topological polar surface area (TPSA) is 60.2 Å². The van der Waals surface area contributed by atoms with Gasteiger partial charge in [0.1, 0.15) is 0 Å². The predicted octanol–water partition coefficient (Wildman–Crippen LogP) is -1.21. The van der Waals surface area contributed by atoms with Crippen LogP contribution < -0.4 is 3.68 Å². The number of rotatable bonds is 0. The van der Waals surface area contributed by atoms with Crippen molar-refractivity contribution in [2.24, 2.45) is 3.68 Å². The summed E-state index contributed by atoms with van der Waals surface area (Å²) in [5.41, 5.74) is 0. The van der Waals surface area contributed by atoms with E-state index in [1.54, 1.807) is 0 Å². The van der Waals surface area contributed by atoms with Crippen molar-refractivity contribution in [1.29, 1.82) is 0 Å². The van der Waals surface area contributed by atoms with Gasteiger partial charge in [-0.2, -0.15) is 0 Å². The van der Waals surface area contributed by atoms with Crippen LogP contribution in [0.15, 0.2) is 0 Å². The minimum atomic E-state index is -3.59. The van der Waals surface area contributed by atoms with Crippen LogP contribution in [0.2, 0.25) is 0 Å². The van der Waals surface area contributed by atoms with Gasteiger partial charge in [-0.1, -0.05) is 0 Å². The zero-order valence-corrected chi connectivity index (χ0v) is 5.32. The molecule has 0 unspecified atom stereocenters. The molecule has 3 nitrogen and oxygen atoms in total. The first-order valence-corrected chi connectivity index (χ1v) is 5.47. The van der Waals surface area contributed by atoms with Gasteiger partial charge in [-0.15, -0.1) is 0 Å². The van der Waals surface area contributed by atoms with E-state index in [1.807, 2.05) is 0 Å². The van der Waals surface area contributed by atoms with E-state index in [1.165, 1.54) is 0 Å². The molecule has 0 rings (SSSR count). The Balaban J connectivity index is 3.51. The van der Waals surface area contributed by atoms with Crippen LogP contribution in [-0.2, 0) is 5.63 Å². The fourth-order valence-corrected chi connectivity index (χ4v) is 0. The standard InChI is InChI=1S/Bi.H2N.2O/h;1H2;;/q+1;-1;;. The van der Waals surface area contributed by atoms with Gasteiger partial charge in [0.2, 0.25) is 0 Å². The minimum absolute atomic E-state index is 3.59. The van der Waals surface area contributed by atoms with E-state index < -0.39 is 22.1 Å². The first kappa shape index (κ1) is 4.44. The third kappa shape index (κ3) is 25.9. The molecule has 0 fully saturated rings. The Bertz CT molecular complexity index is 54.4. The molecule has 4 heavy (non-hydrogen) atoms. The van der Waals surface area contributed by atoms with Gasteiger partial charge >= 0.3 is 31.4 Å². The second-order valence-electron chi connectivity index (χ2n) is 0.285. The van der Waals surface area contributed by atoms with E-state index in [2.05, 4.69) is 3.68 Å². The normalized spacial score (nSPS) is 6.25. The second-order valence-corrected chi connectivity index (χ2v) is 2.50. The Kier molecular flexibility index (Phi) is 1.93. The van der Waals surface area contributed by atoms with E-state index in [4.69, 9.17) is 5.63 Å². The molecule has 0 heterocycles. The zero-order chi connectivity index (χ0) is 3.58. The van der Waals surface area contributed by atoms with E-state index in [9.17, 15) is 0 Å².